The van der Waals surface area contributed by atoms with Crippen LogP contribution in [0.1, 0.15) is 0 Å². The van der Waals surface area contributed by atoms with Crippen molar-refractivity contribution in [1.29, 1.82) is 0 Å². The van der Waals surface area contributed by atoms with E-state index in [0.29, 0.717) is 10.7 Å². The van der Waals surface area contributed by atoms with E-state index in [4.69, 9.17) is 17.3 Å². The van der Waals surface area contributed by atoms with E-state index in [2.05, 4.69) is 9.97 Å². The molecule has 0 saturated carbocycles. The minimum Gasteiger partial charge on any atom is -0.399 e. The summed E-state index contributed by atoms with van der Waals surface area (Å²) in [5, 5.41) is 0.680. The Morgan fingerprint density at radius 2 is 1.94 bits per heavy atom. The van der Waals surface area contributed by atoms with Crippen molar-refractivity contribution in [3.05, 3.63) is 47.5 Å². The monoisotopic (exact) mass is 243 g/mol. The van der Waals surface area contributed by atoms with Crippen LogP contribution in [0.3, 0.4) is 0 Å². The largest absolute Gasteiger partial charge is 0.399 e. The highest BCUT2D eigenvalue weighted by molar-refractivity contribution is 6.33. The summed E-state index contributed by atoms with van der Waals surface area (Å²) in [6.07, 6.45) is 0. The number of hydrogen-bond acceptors (Lipinski definition) is 2. The van der Waals surface area contributed by atoms with Gasteiger partial charge in [0.15, 0.2) is 0 Å². The predicted octanol–water partition coefficient (Wildman–Crippen LogP) is 3.47. The van der Waals surface area contributed by atoms with Crippen molar-refractivity contribution in [3.63, 3.8) is 0 Å². The molecule has 4 heteroatoms. The van der Waals surface area contributed by atoms with E-state index < -0.39 is 0 Å². The molecule has 0 aliphatic carbocycles. The molecule has 84 valence electrons. The molecule has 3 aromatic rings. The van der Waals surface area contributed by atoms with Crippen LogP contribution in [0.2, 0.25) is 5.02 Å². The highest BCUT2D eigenvalue weighted by Gasteiger charge is 2.08. The van der Waals surface area contributed by atoms with Crippen LogP contribution in [0.15, 0.2) is 42.5 Å². The number of H-pyrrole nitrogens is 1. The minimum atomic E-state index is 0.680. The molecule has 3 N–H and O–H groups in total. The molecule has 0 aliphatic heterocycles. The van der Waals surface area contributed by atoms with Gasteiger partial charge in [-0.3, -0.25) is 0 Å². The zero-order valence-corrected chi connectivity index (χ0v) is 9.70. The van der Waals surface area contributed by atoms with Gasteiger partial charge in [-0.05, 0) is 30.3 Å². The summed E-state index contributed by atoms with van der Waals surface area (Å²) >= 11 is 6.13. The Morgan fingerprint density at radius 1 is 1.12 bits per heavy atom. The zero-order valence-electron chi connectivity index (χ0n) is 8.94. The Morgan fingerprint density at radius 3 is 2.76 bits per heavy atom. The number of aromatic amines is 1. The number of benzene rings is 2. The lowest BCUT2D eigenvalue weighted by Crippen LogP contribution is -1.82. The average molecular weight is 244 g/mol. The van der Waals surface area contributed by atoms with Gasteiger partial charge in [0, 0.05) is 11.3 Å². The number of nitrogens with two attached hydrogens (primary N) is 1. The summed E-state index contributed by atoms with van der Waals surface area (Å²) in [6.45, 7) is 0. The van der Waals surface area contributed by atoms with E-state index in [0.717, 1.165) is 22.4 Å². The molecule has 0 atom stereocenters. The van der Waals surface area contributed by atoms with Gasteiger partial charge in [0.25, 0.3) is 0 Å². The lowest BCUT2D eigenvalue weighted by atomic mass is 10.2. The van der Waals surface area contributed by atoms with Crippen molar-refractivity contribution in [1.82, 2.24) is 9.97 Å². The van der Waals surface area contributed by atoms with E-state index >= 15 is 0 Å². The molecule has 17 heavy (non-hydrogen) atoms. The van der Waals surface area contributed by atoms with Gasteiger partial charge in [-0.1, -0.05) is 23.7 Å². The van der Waals surface area contributed by atoms with Crippen molar-refractivity contribution >= 4 is 28.3 Å². The molecule has 2 aromatic carbocycles. The second-order valence-corrected chi connectivity index (χ2v) is 4.25. The van der Waals surface area contributed by atoms with Gasteiger partial charge in [-0.2, -0.15) is 0 Å². The van der Waals surface area contributed by atoms with Gasteiger partial charge in [-0.25, -0.2) is 4.98 Å². The van der Waals surface area contributed by atoms with Crippen LogP contribution in [0.5, 0.6) is 0 Å². The molecule has 3 nitrogen and oxygen atoms in total. The van der Waals surface area contributed by atoms with E-state index in [1.807, 2.05) is 42.5 Å². The van der Waals surface area contributed by atoms with E-state index in [-0.39, 0.29) is 0 Å². The number of hydrogen-bond donors (Lipinski definition) is 2. The SMILES string of the molecule is Nc1ccc2nc(-c3ccccc3Cl)[nH]c2c1. The number of rotatable bonds is 1. The molecule has 0 radical (unpaired) electrons. The minimum absolute atomic E-state index is 0.680. The fourth-order valence-electron chi connectivity index (χ4n) is 1.81. The molecule has 1 aromatic heterocycles. The predicted molar refractivity (Wildman–Crippen MR) is 71.0 cm³/mol. The van der Waals surface area contributed by atoms with Gasteiger partial charge >= 0.3 is 0 Å². The van der Waals surface area contributed by atoms with Crippen LogP contribution in [0, 0.1) is 0 Å². The van der Waals surface area contributed by atoms with E-state index in [9.17, 15) is 0 Å². The number of aromatic nitrogens is 2. The topological polar surface area (TPSA) is 54.7 Å². The number of nitrogens with zero attached hydrogens (tertiary/aromatic N) is 1. The first-order valence-electron chi connectivity index (χ1n) is 5.24. The van der Waals surface area contributed by atoms with Crippen LogP contribution < -0.4 is 5.73 Å². The molecule has 0 spiro atoms. The van der Waals surface area contributed by atoms with Gasteiger partial charge in [-0.15, -0.1) is 0 Å². The van der Waals surface area contributed by atoms with E-state index in [1.165, 1.54) is 0 Å². The third-order valence-corrected chi connectivity index (χ3v) is 2.96. The Balaban J connectivity index is 2.22. The Kier molecular flexibility index (Phi) is 2.27. The normalized spacial score (nSPS) is 10.9. The number of imidazole rings is 1. The van der Waals surface area contributed by atoms with Gasteiger partial charge in [0.1, 0.15) is 5.82 Å². The molecule has 0 unspecified atom stereocenters. The molecule has 0 amide bonds. The van der Waals surface area contributed by atoms with Crippen molar-refractivity contribution in [2.24, 2.45) is 0 Å². The van der Waals surface area contributed by atoms with Gasteiger partial charge < -0.3 is 10.7 Å². The number of anilines is 1. The highest BCUT2D eigenvalue weighted by Crippen LogP contribution is 2.27. The Hall–Kier alpha value is -2.00. The summed E-state index contributed by atoms with van der Waals surface area (Å²) < 4.78 is 0. The second-order valence-electron chi connectivity index (χ2n) is 3.84. The van der Waals surface area contributed by atoms with Crippen LogP contribution in [-0.2, 0) is 0 Å². The molecule has 1 heterocycles. The molecule has 3 rings (SSSR count). The summed E-state index contributed by atoms with van der Waals surface area (Å²) in [5.41, 5.74) is 9.14. The molecular formula is C13H10ClN3. The maximum absolute atomic E-state index is 6.13. The van der Waals surface area contributed by atoms with Crippen LogP contribution in [0.4, 0.5) is 5.69 Å². The summed E-state index contributed by atoms with van der Waals surface area (Å²) in [7, 11) is 0. The van der Waals surface area contributed by atoms with E-state index in [1.54, 1.807) is 0 Å². The fourth-order valence-corrected chi connectivity index (χ4v) is 2.03. The Labute approximate surface area is 103 Å². The summed E-state index contributed by atoms with van der Waals surface area (Å²) in [5.74, 6) is 0.760. The molecule has 0 fully saturated rings. The number of nitrogens with one attached hydrogen (secondary N) is 1. The molecular weight excluding hydrogens is 234 g/mol. The Bertz CT molecular complexity index is 688. The number of nitrogen functional groups attached to an aromatic ring is 1. The standard InChI is InChI=1S/C13H10ClN3/c14-10-4-2-1-3-9(10)13-16-11-6-5-8(15)7-12(11)17-13/h1-7H,15H2,(H,16,17). The van der Waals surface area contributed by atoms with Crippen molar-refractivity contribution < 1.29 is 0 Å². The van der Waals surface area contributed by atoms with Gasteiger partial charge in [0.05, 0.1) is 16.1 Å². The lowest BCUT2D eigenvalue weighted by molar-refractivity contribution is 1.34. The first kappa shape index (κ1) is 10.2. The van der Waals surface area contributed by atoms with Gasteiger partial charge in [0.2, 0.25) is 0 Å². The molecule has 0 bridgehead atoms. The third-order valence-electron chi connectivity index (χ3n) is 2.63. The van der Waals surface area contributed by atoms with Crippen molar-refractivity contribution in [2.45, 2.75) is 0 Å². The average Bonchev–Trinajstić information content (AvgIpc) is 2.72. The van der Waals surface area contributed by atoms with Crippen LogP contribution in [0.25, 0.3) is 22.4 Å². The molecule has 0 aliphatic rings. The first-order valence-corrected chi connectivity index (χ1v) is 5.62. The van der Waals surface area contributed by atoms with Crippen molar-refractivity contribution in [2.75, 3.05) is 5.73 Å². The smallest absolute Gasteiger partial charge is 0.139 e. The summed E-state index contributed by atoms with van der Waals surface area (Å²) in [4.78, 5) is 7.71. The quantitative estimate of drug-likeness (QED) is 0.643. The second kappa shape index (κ2) is 3.79. The number of halogens is 1. The van der Waals surface area contributed by atoms with Crippen LogP contribution >= 0.6 is 11.6 Å². The molecule has 0 saturated heterocycles. The maximum Gasteiger partial charge on any atom is 0.139 e. The summed E-state index contributed by atoms with van der Waals surface area (Å²) in [6, 6.07) is 13.2. The zero-order chi connectivity index (χ0) is 11.8. The number of fused-ring (bicyclic) bond motifs is 1. The highest BCUT2D eigenvalue weighted by atomic mass is 35.5. The maximum atomic E-state index is 6.13. The lowest BCUT2D eigenvalue weighted by Gasteiger charge is -1.98. The first-order chi connectivity index (χ1) is 8.24. The van der Waals surface area contributed by atoms with Crippen LogP contribution in [-0.4, -0.2) is 9.97 Å². The fraction of sp³-hybridized carbons (Fsp3) is 0. The van der Waals surface area contributed by atoms with Crippen molar-refractivity contribution in [3.8, 4) is 11.4 Å². The third kappa shape index (κ3) is 1.74.